The van der Waals surface area contributed by atoms with Gasteiger partial charge in [0.1, 0.15) is 17.6 Å². The summed E-state index contributed by atoms with van der Waals surface area (Å²) in [5, 5.41) is 8.99. The van der Waals surface area contributed by atoms with Crippen LogP contribution in [0.1, 0.15) is 11.3 Å². The highest BCUT2D eigenvalue weighted by molar-refractivity contribution is 5.54. The summed E-state index contributed by atoms with van der Waals surface area (Å²) in [6.07, 6.45) is -4.49. The lowest BCUT2D eigenvalue weighted by molar-refractivity contribution is -0.141. The van der Waals surface area contributed by atoms with Gasteiger partial charge in [0.15, 0.2) is 0 Å². The summed E-state index contributed by atoms with van der Waals surface area (Å²) in [6.45, 7) is 2.62. The molecule has 0 aromatic carbocycles. The highest BCUT2D eigenvalue weighted by atomic mass is 19.4. The lowest BCUT2D eigenvalue weighted by Gasteiger charge is -2.33. The number of piperazine rings is 1. The first-order valence-corrected chi connectivity index (χ1v) is 5.83. The molecule has 2 heterocycles. The fraction of sp³-hybridized carbons (Fsp3) is 0.500. The molecule has 2 rings (SSSR count). The molecule has 19 heavy (non-hydrogen) atoms. The molecule has 0 saturated carbocycles. The Labute approximate surface area is 109 Å². The zero-order valence-electron chi connectivity index (χ0n) is 10.4. The molecule has 1 aromatic rings. The zero-order chi connectivity index (χ0) is 14.0. The van der Waals surface area contributed by atoms with E-state index in [1.165, 1.54) is 6.07 Å². The predicted octanol–water partition coefficient (Wildman–Crippen LogP) is 1.72. The van der Waals surface area contributed by atoms with Gasteiger partial charge in [0.05, 0.1) is 5.56 Å². The van der Waals surface area contributed by atoms with Crippen LogP contribution in [0.4, 0.5) is 19.0 Å². The number of nitriles is 1. The minimum absolute atomic E-state index is 0.130. The summed E-state index contributed by atoms with van der Waals surface area (Å²) in [5.41, 5.74) is -0.780. The Kier molecular flexibility index (Phi) is 3.62. The first kappa shape index (κ1) is 13.6. The summed E-state index contributed by atoms with van der Waals surface area (Å²) in [6, 6.07) is 3.93. The fourth-order valence-corrected chi connectivity index (χ4v) is 1.95. The van der Waals surface area contributed by atoms with E-state index in [1.807, 2.05) is 13.1 Å². The molecule has 102 valence electrons. The summed E-state index contributed by atoms with van der Waals surface area (Å²) >= 11 is 0. The zero-order valence-corrected chi connectivity index (χ0v) is 10.4. The van der Waals surface area contributed by atoms with Gasteiger partial charge in [-0.25, -0.2) is 4.98 Å². The molecule has 7 heteroatoms. The molecule has 1 saturated heterocycles. The van der Waals surface area contributed by atoms with Crippen molar-refractivity contribution < 1.29 is 13.2 Å². The quantitative estimate of drug-likeness (QED) is 0.779. The summed E-state index contributed by atoms with van der Waals surface area (Å²) < 4.78 is 38.0. The molecular weight excluding hydrogens is 257 g/mol. The number of anilines is 1. The molecule has 0 N–H and O–H groups in total. The molecule has 0 atom stereocenters. The van der Waals surface area contributed by atoms with Gasteiger partial charge in [0.2, 0.25) is 0 Å². The Morgan fingerprint density at radius 2 is 1.84 bits per heavy atom. The van der Waals surface area contributed by atoms with Gasteiger partial charge in [-0.3, -0.25) is 0 Å². The number of likely N-dealkylation sites (N-methyl/N-ethyl adjacent to an activating group) is 1. The number of halogens is 3. The number of nitrogens with zero attached hydrogens (tertiary/aromatic N) is 4. The largest absolute Gasteiger partial charge is 0.433 e. The van der Waals surface area contributed by atoms with Crippen LogP contribution in [0.3, 0.4) is 0 Å². The van der Waals surface area contributed by atoms with Gasteiger partial charge in [-0.1, -0.05) is 0 Å². The Hall–Kier alpha value is -1.81. The average Bonchev–Trinajstić information content (AvgIpc) is 2.38. The van der Waals surface area contributed by atoms with Gasteiger partial charge in [0, 0.05) is 26.2 Å². The second-order valence-corrected chi connectivity index (χ2v) is 4.47. The van der Waals surface area contributed by atoms with Crippen molar-refractivity contribution in [2.45, 2.75) is 6.18 Å². The standard InChI is InChI=1S/C12H13F3N4/c1-18-4-6-19(7-5-18)11-9(8-16)2-3-10(17-11)12(13,14)15/h2-3H,4-7H2,1H3. The highest BCUT2D eigenvalue weighted by Gasteiger charge is 2.33. The van der Waals surface area contributed by atoms with Gasteiger partial charge in [-0.2, -0.15) is 18.4 Å². The molecule has 0 aliphatic carbocycles. The normalized spacial score (nSPS) is 17.3. The summed E-state index contributed by atoms with van der Waals surface area (Å²) in [5.74, 6) is 0.130. The van der Waals surface area contributed by atoms with Crippen LogP contribution < -0.4 is 4.90 Å². The van der Waals surface area contributed by atoms with Gasteiger partial charge < -0.3 is 9.80 Å². The average molecular weight is 270 g/mol. The van der Waals surface area contributed by atoms with Crippen LogP contribution >= 0.6 is 0 Å². The van der Waals surface area contributed by atoms with E-state index in [-0.39, 0.29) is 11.4 Å². The van der Waals surface area contributed by atoms with E-state index in [0.717, 1.165) is 19.2 Å². The van der Waals surface area contributed by atoms with E-state index in [2.05, 4.69) is 9.88 Å². The van der Waals surface area contributed by atoms with Crippen molar-refractivity contribution in [1.82, 2.24) is 9.88 Å². The molecule has 1 aliphatic rings. The number of hydrogen-bond donors (Lipinski definition) is 0. The fourth-order valence-electron chi connectivity index (χ4n) is 1.95. The number of hydrogen-bond acceptors (Lipinski definition) is 4. The van der Waals surface area contributed by atoms with Crippen LogP contribution in [0, 0.1) is 11.3 Å². The third kappa shape index (κ3) is 2.96. The van der Waals surface area contributed by atoms with E-state index in [9.17, 15) is 13.2 Å². The molecule has 0 radical (unpaired) electrons. The van der Waals surface area contributed by atoms with Crippen LogP contribution in [0.25, 0.3) is 0 Å². The maximum Gasteiger partial charge on any atom is 0.433 e. The molecule has 1 fully saturated rings. The second kappa shape index (κ2) is 5.05. The maximum absolute atomic E-state index is 12.7. The summed E-state index contributed by atoms with van der Waals surface area (Å²) in [4.78, 5) is 7.43. The molecular formula is C12H13F3N4. The predicted molar refractivity (Wildman–Crippen MR) is 63.7 cm³/mol. The maximum atomic E-state index is 12.7. The molecule has 0 unspecified atom stereocenters. The van der Waals surface area contributed by atoms with E-state index in [1.54, 1.807) is 4.90 Å². The number of aromatic nitrogens is 1. The minimum Gasteiger partial charge on any atom is -0.353 e. The van der Waals surface area contributed by atoms with Crippen LogP contribution in [0.2, 0.25) is 0 Å². The highest BCUT2D eigenvalue weighted by Crippen LogP contribution is 2.30. The van der Waals surface area contributed by atoms with Crippen molar-refractivity contribution in [3.63, 3.8) is 0 Å². The summed E-state index contributed by atoms with van der Waals surface area (Å²) in [7, 11) is 1.95. The Morgan fingerprint density at radius 3 is 2.37 bits per heavy atom. The topological polar surface area (TPSA) is 43.2 Å². The van der Waals surface area contributed by atoms with Crippen LogP contribution in [0.5, 0.6) is 0 Å². The van der Waals surface area contributed by atoms with Crippen LogP contribution in [-0.2, 0) is 6.18 Å². The van der Waals surface area contributed by atoms with E-state index < -0.39 is 11.9 Å². The Balaban J connectivity index is 2.35. The van der Waals surface area contributed by atoms with Crippen molar-refractivity contribution in [1.29, 1.82) is 5.26 Å². The number of rotatable bonds is 1. The van der Waals surface area contributed by atoms with Crippen molar-refractivity contribution in [2.75, 3.05) is 38.1 Å². The van der Waals surface area contributed by atoms with Gasteiger partial charge in [-0.05, 0) is 19.2 Å². The minimum atomic E-state index is -4.49. The van der Waals surface area contributed by atoms with Crippen LogP contribution in [-0.4, -0.2) is 43.1 Å². The molecule has 0 amide bonds. The van der Waals surface area contributed by atoms with Crippen molar-refractivity contribution >= 4 is 5.82 Å². The van der Waals surface area contributed by atoms with E-state index >= 15 is 0 Å². The van der Waals surface area contributed by atoms with Crippen molar-refractivity contribution in [2.24, 2.45) is 0 Å². The molecule has 4 nitrogen and oxygen atoms in total. The van der Waals surface area contributed by atoms with Gasteiger partial charge in [-0.15, -0.1) is 0 Å². The number of pyridine rings is 1. The van der Waals surface area contributed by atoms with Crippen molar-refractivity contribution in [3.8, 4) is 6.07 Å². The SMILES string of the molecule is CN1CCN(c2nc(C(F)(F)F)ccc2C#N)CC1. The second-order valence-electron chi connectivity index (χ2n) is 4.47. The van der Waals surface area contributed by atoms with E-state index in [4.69, 9.17) is 5.26 Å². The Bertz CT molecular complexity index is 499. The number of alkyl halides is 3. The third-order valence-electron chi connectivity index (χ3n) is 3.09. The molecule has 1 aliphatic heterocycles. The monoisotopic (exact) mass is 270 g/mol. The molecule has 1 aromatic heterocycles. The molecule has 0 bridgehead atoms. The lowest BCUT2D eigenvalue weighted by Crippen LogP contribution is -2.45. The lowest BCUT2D eigenvalue weighted by atomic mass is 10.2. The first-order valence-electron chi connectivity index (χ1n) is 5.83. The Morgan fingerprint density at radius 1 is 1.21 bits per heavy atom. The van der Waals surface area contributed by atoms with Gasteiger partial charge in [0.25, 0.3) is 0 Å². The van der Waals surface area contributed by atoms with E-state index in [0.29, 0.717) is 13.1 Å². The molecule has 0 spiro atoms. The third-order valence-corrected chi connectivity index (χ3v) is 3.09. The van der Waals surface area contributed by atoms with Gasteiger partial charge >= 0.3 is 6.18 Å². The smallest absolute Gasteiger partial charge is 0.353 e. The van der Waals surface area contributed by atoms with Crippen LogP contribution in [0.15, 0.2) is 12.1 Å². The van der Waals surface area contributed by atoms with Crippen molar-refractivity contribution in [3.05, 3.63) is 23.4 Å². The first-order chi connectivity index (χ1) is 8.91.